The van der Waals surface area contributed by atoms with Crippen molar-refractivity contribution in [2.24, 2.45) is 5.92 Å². The number of ether oxygens (including phenoxy) is 1. The van der Waals surface area contributed by atoms with Crippen LogP contribution in [0.4, 0.5) is 0 Å². The van der Waals surface area contributed by atoms with Crippen molar-refractivity contribution in [3.63, 3.8) is 0 Å². The molecule has 0 spiro atoms. The summed E-state index contributed by atoms with van der Waals surface area (Å²) in [5, 5.41) is 9.75. The summed E-state index contributed by atoms with van der Waals surface area (Å²) in [6, 6.07) is 9.64. The van der Waals surface area contributed by atoms with Crippen LogP contribution in [0, 0.1) is 5.92 Å². The van der Waals surface area contributed by atoms with E-state index in [1.807, 2.05) is 24.3 Å². The molecule has 27 heavy (non-hydrogen) atoms. The Kier molecular flexibility index (Phi) is 6.05. The Bertz CT molecular complexity index is 892. The second kappa shape index (κ2) is 8.67. The summed E-state index contributed by atoms with van der Waals surface area (Å²) in [6.07, 6.45) is 4.51. The Morgan fingerprint density at radius 1 is 1.30 bits per heavy atom. The first kappa shape index (κ1) is 18.8. The molecule has 0 saturated heterocycles. The van der Waals surface area contributed by atoms with Gasteiger partial charge < -0.3 is 9.15 Å². The molecule has 0 bridgehead atoms. The van der Waals surface area contributed by atoms with E-state index >= 15 is 0 Å². The van der Waals surface area contributed by atoms with Crippen LogP contribution in [0.25, 0.3) is 10.8 Å². The lowest BCUT2D eigenvalue weighted by atomic mass is 9.90. The first-order valence-corrected chi connectivity index (χ1v) is 11.3. The van der Waals surface area contributed by atoms with Gasteiger partial charge in [0.05, 0.1) is 11.5 Å². The molecule has 7 heteroatoms. The monoisotopic (exact) mass is 420 g/mol. The summed E-state index contributed by atoms with van der Waals surface area (Å²) in [4.78, 5) is 2.58. The smallest absolute Gasteiger partial charge is 0.276 e. The minimum Gasteiger partial charge on any atom is -0.494 e. The van der Waals surface area contributed by atoms with E-state index in [1.54, 1.807) is 23.1 Å². The van der Waals surface area contributed by atoms with Crippen molar-refractivity contribution < 1.29 is 9.15 Å². The van der Waals surface area contributed by atoms with Crippen LogP contribution in [0.1, 0.15) is 30.2 Å². The Morgan fingerprint density at radius 2 is 2.15 bits per heavy atom. The SMILES string of the molecule is C[C@@H]1CCc2sc(-c3nnc(SCCCOc4ccc(Cl)cc4)o3)cc2C1. The van der Waals surface area contributed by atoms with E-state index in [2.05, 4.69) is 23.2 Å². The standard InChI is InChI=1S/C20H21ClN2O2S2/c1-13-3-8-17-14(11-13)12-18(27-17)19-22-23-20(25-19)26-10-2-9-24-16-6-4-15(21)5-7-16/h4-7,12-13H,2-3,8-11H2,1H3/t13-/m1/s1. The van der Waals surface area contributed by atoms with E-state index in [1.165, 1.54) is 23.3 Å². The summed E-state index contributed by atoms with van der Waals surface area (Å²) in [5.41, 5.74) is 1.46. The fourth-order valence-corrected chi connectivity index (χ4v) is 5.05. The molecule has 0 saturated carbocycles. The van der Waals surface area contributed by atoms with Crippen molar-refractivity contribution in [1.82, 2.24) is 10.2 Å². The Labute approximate surface area is 172 Å². The number of aromatic nitrogens is 2. The number of hydrogen-bond donors (Lipinski definition) is 0. The molecule has 1 aliphatic rings. The number of thiophene rings is 1. The van der Waals surface area contributed by atoms with E-state index in [0.29, 0.717) is 22.7 Å². The van der Waals surface area contributed by atoms with E-state index < -0.39 is 0 Å². The molecule has 1 atom stereocenters. The third-order valence-corrected chi connectivity index (χ3v) is 6.92. The molecule has 0 radical (unpaired) electrons. The van der Waals surface area contributed by atoms with Crippen molar-refractivity contribution in [3.8, 4) is 16.5 Å². The third-order valence-electron chi connectivity index (χ3n) is 4.54. The molecule has 0 unspecified atom stereocenters. The maximum Gasteiger partial charge on any atom is 0.276 e. The maximum absolute atomic E-state index is 5.86. The van der Waals surface area contributed by atoms with Gasteiger partial charge in [-0.05, 0) is 67.5 Å². The number of fused-ring (bicyclic) bond motifs is 1. The fourth-order valence-electron chi connectivity index (χ4n) is 3.12. The van der Waals surface area contributed by atoms with Crippen LogP contribution in [-0.2, 0) is 12.8 Å². The average Bonchev–Trinajstić information content (AvgIpc) is 3.29. The van der Waals surface area contributed by atoms with Gasteiger partial charge in [-0.3, -0.25) is 0 Å². The number of thioether (sulfide) groups is 1. The highest BCUT2D eigenvalue weighted by Crippen LogP contribution is 2.37. The summed E-state index contributed by atoms with van der Waals surface area (Å²) in [5.74, 6) is 3.11. The van der Waals surface area contributed by atoms with Gasteiger partial charge in [0, 0.05) is 15.7 Å². The zero-order chi connectivity index (χ0) is 18.6. The van der Waals surface area contributed by atoms with Crippen molar-refractivity contribution >= 4 is 34.7 Å². The van der Waals surface area contributed by atoms with E-state index in [4.69, 9.17) is 20.8 Å². The second-order valence-electron chi connectivity index (χ2n) is 6.78. The summed E-state index contributed by atoms with van der Waals surface area (Å²) < 4.78 is 11.5. The largest absolute Gasteiger partial charge is 0.494 e. The molecule has 2 aromatic heterocycles. The van der Waals surface area contributed by atoms with E-state index in [9.17, 15) is 0 Å². The minimum atomic E-state index is 0.622. The number of rotatable bonds is 7. The summed E-state index contributed by atoms with van der Waals surface area (Å²) in [6.45, 7) is 2.96. The van der Waals surface area contributed by atoms with Gasteiger partial charge >= 0.3 is 0 Å². The lowest BCUT2D eigenvalue weighted by Gasteiger charge is -2.16. The lowest BCUT2D eigenvalue weighted by molar-refractivity contribution is 0.318. The molecule has 1 aromatic carbocycles. The predicted octanol–water partition coefficient (Wildman–Crippen LogP) is 6.14. The number of benzene rings is 1. The van der Waals surface area contributed by atoms with Gasteiger partial charge in [0.2, 0.25) is 0 Å². The van der Waals surface area contributed by atoms with Crippen LogP contribution in [0.15, 0.2) is 40.0 Å². The molecule has 1 aliphatic carbocycles. The van der Waals surface area contributed by atoms with Crippen molar-refractivity contribution in [3.05, 3.63) is 45.8 Å². The van der Waals surface area contributed by atoms with Crippen LogP contribution in [0.3, 0.4) is 0 Å². The number of nitrogens with zero attached hydrogens (tertiary/aromatic N) is 2. The van der Waals surface area contributed by atoms with Crippen molar-refractivity contribution in [2.45, 2.75) is 37.8 Å². The fraction of sp³-hybridized carbons (Fsp3) is 0.400. The van der Waals surface area contributed by atoms with Crippen molar-refractivity contribution in [1.29, 1.82) is 0 Å². The molecular weight excluding hydrogens is 400 g/mol. The molecule has 3 aromatic rings. The highest BCUT2D eigenvalue weighted by atomic mass is 35.5. The average molecular weight is 421 g/mol. The van der Waals surface area contributed by atoms with Crippen molar-refractivity contribution in [2.75, 3.05) is 12.4 Å². The quantitative estimate of drug-likeness (QED) is 0.339. The van der Waals surface area contributed by atoms with Crippen LogP contribution in [0.5, 0.6) is 5.75 Å². The molecule has 0 amide bonds. The Morgan fingerprint density at radius 3 is 3.00 bits per heavy atom. The molecule has 2 heterocycles. The highest BCUT2D eigenvalue weighted by molar-refractivity contribution is 7.99. The topological polar surface area (TPSA) is 48.2 Å². The molecule has 142 valence electrons. The van der Waals surface area contributed by atoms with Gasteiger partial charge in [-0.15, -0.1) is 21.5 Å². The molecule has 4 nitrogen and oxygen atoms in total. The van der Waals surface area contributed by atoms with Gasteiger partial charge in [-0.2, -0.15) is 0 Å². The first-order valence-electron chi connectivity index (χ1n) is 9.14. The van der Waals surface area contributed by atoms with E-state index in [-0.39, 0.29) is 0 Å². The van der Waals surface area contributed by atoms with Gasteiger partial charge in [0.15, 0.2) is 0 Å². The molecule has 0 fully saturated rings. The predicted molar refractivity (Wildman–Crippen MR) is 111 cm³/mol. The van der Waals surface area contributed by atoms with Gasteiger partial charge in [0.1, 0.15) is 5.75 Å². The minimum absolute atomic E-state index is 0.622. The van der Waals surface area contributed by atoms with Crippen LogP contribution in [-0.4, -0.2) is 22.6 Å². The first-order chi connectivity index (χ1) is 13.2. The third kappa shape index (κ3) is 4.86. The van der Waals surface area contributed by atoms with Gasteiger partial charge in [-0.1, -0.05) is 30.3 Å². The number of aryl methyl sites for hydroxylation is 1. The Hall–Kier alpha value is -1.50. The molecular formula is C20H21ClN2O2S2. The zero-order valence-corrected chi connectivity index (χ0v) is 17.5. The molecule has 0 N–H and O–H groups in total. The van der Waals surface area contributed by atoms with Crippen LogP contribution in [0.2, 0.25) is 5.02 Å². The normalized spacial score (nSPS) is 16.3. The summed E-state index contributed by atoms with van der Waals surface area (Å²) >= 11 is 9.24. The number of halogens is 1. The summed E-state index contributed by atoms with van der Waals surface area (Å²) in [7, 11) is 0. The maximum atomic E-state index is 5.86. The van der Waals surface area contributed by atoms with E-state index in [0.717, 1.165) is 35.1 Å². The zero-order valence-electron chi connectivity index (χ0n) is 15.1. The van der Waals surface area contributed by atoms with Crippen LogP contribution < -0.4 is 4.74 Å². The Balaban J connectivity index is 1.25. The highest BCUT2D eigenvalue weighted by Gasteiger charge is 2.20. The lowest BCUT2D eigenvalue weighted by Crippen LogP contribution is -2.07. The second-order valence-corrected chi connectivity index (χ2v) is 9.40. The van der Waals surface area contributed by atoms with Crippen LogP contribution >= 0.6 is 34.7 Å². The van der Waals surface area contributed by atoms with Gasteiger partial charge in [0.25, 0.3) is 11.1 Å². The molecule has 4 rings (SSSR count). The van der Waals surface area contributed by atoms with Gasteiger partial charge in [-0.25, -0.2) is 0 Å². The molecule has 0 aliphatic heterocycles. The number of hydrogen-bond acceptors (Lipinski definition) is 6.